The van der Waals surface area contributed by atoms with E-state index in [0.717, 1.165) is 32.9 Å². The SMILES string of the molecule is [Y].[c-]1ccccc1-c1nccc2c1[c-]nc1ccccc12. The zero-order chi connectivity index (χ0) is 13.4. The smallest absolute Gasteiger partial charge is 0.00742 e. The summed E-state index contributed by atoms with van der Waals surface area (Å²) in [6.45, 7) is 0. The molecule has 21 heavy (non-hydrogen) atoms. The van der Waals surface area contributed by atoms with Crippen LogP contribution >= 0.6 is 0 Å². The van der Waals surface area contributed by atoms with Crippen molar-refractivity contribution in [1.29, 1.82) is 0 Å². The fraction of sp³-hybridized carbons (Fsp3) is 0. The second-order valence-corrected chi connectivity index (χ2v) is 4.60. The summed E-state index contributed by atoms with van der Waals surface area (Å²) >= 11 is 0. The summed E-state index contributed by atoms with van der Waals surface area (Å²) < 4.78 is 0. The Labute approximate surface area is 148 Å². The van der Waals surface area contributed by atoms with Crippen LogP contribution in [-0.2, 0) is 32.7 Å². The van der Waals surface area contributed by atoms with Gasteiger partial charge in [0.15, 0.2) is 0 Å². The van der Waals surface area contributed by atoms with Crippen LogP contribution in [0.4, 0.5) is 0 Å². The first-order valence-electron chi connectivity index (χ1n) is 6.46. The third kappa shape index (κ3) is 2.50. The summed E-state index contributed by atoms with van der Waals surface area (Å²) in [5.74, 6) is 0. The van der Waals surface area contributed by atoms with Gasteiger partial charge in [0, 0.05) is 38.9 Å². The zero-order valence-corrected chi connectivity index (χ0v) is 14.1. The van der Waals surface area contributed by atoms with E-state index in [1.165, 1.54) is 0 Å². The first kappa shape index (κ1) is 14.3. The molecule has 0 aliphatic rings. The van der Waals surface area contributed by atoms with Crippen LogP contribution in [0.25, 0.3) is 32.9 Å². The molecule has 3 heteroatoms. The van der Waals surface area contributed by atoms with Crippen LogP contribution < -0.4 is 0 Å². The van der Waals surface area contributed by atoms with Crippen LogP contribution in [0.3, 0.4) is 0 Å². The van der Waals surface area contributed by atoms with Crippen molar-refractivity contribution >= 4 is 21.7 Å². The van der Waals surface area contributed by atoms with Crippen molar-refractivity contribution in [2.24, 2.45) is 0 Å². The Bertz CT molecular complexity index is 904. The molecule has 1 radical (unpaired) electrons. The Kier molecular flexibility index (Phi) is 4.09. The summed E-state index contributed by atoms with van der Waals surface area (Å²) in [6.07, 6.45) is 4.96. The normalized spacial score (nSPS) is 10.5. The van der Waals surface area contributed by atoms with Crippen molar-refractivity contribution in [1.82, 2.24) is 9.97 Å². The fourth-order valence-corrected chi connectivity index (χ4v) is 2.46. The Morgan fingerprint density at radius 3 is 2.57 bits per heavy atom. The van der Waals surface area contributed by atoms with Gasteiger partial charge in [-0.1, -0.05) is 46.5 Å². The molecule has 0 aliphatic heterocycles. The molecule has 0 atom stereocenters. The van der Waals surface area contributed by atoms with Crippen LogP contribution in [-0.4, -0.2) is 9.97 Å². The molecule has 0 aliphatic carbocycles. The maximum absolute atomic E-state index is 4.48. The fourth-order valence-electron chi connectivity index (χ4n) is 2.46. The minimum absolute atomic E-state index is 0. The Balaban J connectivity index is 0.00000132. The van der Waals surface area contributed by atoms with Gasteiger partial charge in [-0.15, -0.1) is 35.9 Å². The van der Waals surface area contributed by atoms with E-state index in [9.17, 15) is 0 Å². The number of benzene rings is 2. The molecule has 2 nitrogen and oxygen atoms in total. The van der Waals surface area contributed by atoms with Crippen LogP contribution in [0.5, 0.6) is 0 Å². The van der Waals surface area contributed by atoms with Gasteiger partial charge in [0.25, 0.3) is 0 Å². The predicted molar refractivity (Wildman–Crippen MR) is 80.2 cm³/mol. The monoisotopic (exact) mass is 343 g/mol. The molecular formula is C18H10N2Y-2. The number of para-hydroxylation sites is 1. The Morgan fingerprint density at radius 2 is 1.71 bits per heavy atom. The van der Waals surface area contributed by atoms with E-state index in [0.29, 0.717) is 0 Å². The summed E-state index contributed by atoms with van der Waals surface area (Å²) in [7, 11) is 0. The summed E-state index contributed by atoms with van der Waals surface area (Å²) in [4.78, 5) is 8.90. The van der Waals surface area contributed by atoms with E-state index in [1.807, 2.05) is 54.7 Å². The first-order valence-corrected chi connectivity index (χ1v) is 6.46. The topological polar surface area (TPSA) is 25.8 Å². The molecule has 0 unspecified atom stereocenters. The van der Waals surface area contributed by atoms with Crippen molar-refractivity contribution in [3.8, 4) is 11.3 Å². The second kappa shape index (κ2) is 6.01. The van der Waals surface area contributed by atoms with Crippen LogP contribution in [0.1, 0.15) is 0 Å². The molecular weight excluding hydrogens is 333 g/mol. The number of rotatable bonds is 1. The van der Waals surface area contributed by atoms with Gasteiger partial charge in [-0.3, -0.25) is 0 Å². The number of hydrogen-bond acceptors (Lipinski definition) is 2. The summed E-state index contributed by atoms with van der Waals surface area (Å²) in [6, 6.07) is 21.2. The number of aromatic nitrogens is 2. The molecule has 97 valence electrons. The maximum atomic E-state index is 4.48. The number of nitrogens with zero attached hydrogens (tertiary/aromatic N) is 2. The predicted octanol–water partition coefficient (Wildman–Crippen LogP) is 4.05. The van der Waals surface area contributed by atoms with Gasteiger partial charge in [0.2, 0.25) is 0 Å². The van der Waals surface area contributed by atoms with Crippen molar-refractivity contribution in [3.05, 3.63) is 73.1 Å². The molecule has 0 amide bonds. The average Bonchev–Trinajstić information content (AvgIpc) is 2.55. The van der Waals surface area contributed by atoms with E-state index < -0.39 is 0 Å². The van der Waals surface area contributed by atoms with Gasteiger partial charge in [0.05, 0.1) is 0 Å². The van der Waals surface area contributed by atoms with Gasteiger partial charge in [0.1, 0.15) is 0 Å². The molecule has 4 aromatic rings. The van der Waals surface area contributed by atoms with Crippen molar-refractivity contribution < 1.29 is 32.7 Å². The minimum atomic E-state index is 0. The molecule has 0 fully saturated rings. The molecule has 2 aromatic carbocycles. The van der Waals surface area contributed by atoms with E-state index in [-0.39, 0.29) is 32.7 Å². The summed E-state index contributed by atoms with van der Waals surface area (Å²) in [5.41, 5.74) is 2.79. The zero-order valence-electron chi connectivity index (χ0n) is 11.2. The molecule has 2 aromatic heterocycles. The minimum Gasteiger partial charge on any atom is -0.352 e. The quantitative estimate of drug-likeness (QED) is 0.385. The van der Waals surface area contributed by atoms with Gasteiger partial charge < -0.3 is 9.97 Å². The molecule has 4 rings (SSSR count). The van der Waals surface area contributed by atoms with Crippen LogP contribution in [0, 0.1) is 12.3 Å². The number of hydrogen-bond donors (Lipinski definition) is 0. The molecule has 0 saturated heterocycles. The largest absolute Gasteiger partial charge is 0.352 e. The molecule has 0 spiro atoms. The molecule has 0 N–H and O–H groups in total. The third-order valence-electron chi connectivity index (χ3n) is 3.40. The van der Waals surface area contributed by atoms with Crippen molar-refractivity contribution in [3.63, 3.8) is 0 Å². The average molecular weight is 343 g/mol. The molecule has 0 bridgehead atoms. The second-order valence-electron chi connectivity index (χ2n) is 4.60. The summed E-state index contributed by atoms with van der Waals surface area (Å²) in [5, 5.41) is 3.19. The standard InChI is InChI=1S/C18H10N2.Y/c1-2-6-13(7-3-1)18-16-12-20-17-9-5-4-8-15(17)14(16)10-11-19-18;/h1-6,8-11H;/q-2;. The van der Waals surface area contributed by atoms with Gasteiger partial charge in [-0.05, 0) is 17.4 Å². The molecule has 0 saturated carbocycles. The first-order chi connectivity index (χ1) is 9.93. The number of fused-ring (bicyclic) bond motifs is 3. The third-order valence-corrected chi connectivity index (χ3v) is 3.40. The van der Waals surface area contributed by atoms with Crippen molar-refractivity contribution in [2.45, 2.75) is 0 Å². The van der Waals surface area contributed by atoms with Crippen LogP contribution in [0.2, 0.25) is 0 Å². The number of pyridine rings is 2. The maximum Gasteiger partial charge on any atom is 0.00742 e. The van der Waals surface area contributed by atoms with Gasteiger partial charge in [-0.2, -0.15) is 0 Å². The van der Waals surface area contributed by atoms with E-state index in [4.69, 9.17) is 0 Å². The Morgan fingerprint density at radius 1 is 0.857 bits per heavy atom. The van der Waals surface area contributed by atoms with E-state index in [2.05, 4.69) is 28.3 Å². The van der Waals surface area contributed by atoms with Gasteiger partial charge >= 0.3 is 0 Å². The Hall–Kier alpha value is -1.64. The van der Waals surface area contributed by atoms with Crippen LogP contribution in [0.15, 0.2) is 60.8 Å². The molecule has 2 heterocycles. The van der Waals surface area contributed by atoms with Gasteiger partial charge in [-0.25, -0.2) is 0 Å². The van der Waals surface area contributed by atoms with E-state index >= 15 is 0 Å². The van der Waals surface area contributed by atoms with E-state index in [1.54, 1.807) is 0 Å². The van der Waals surface area contributed by atoms with Crippen molar-refractivity contribution in [2.75, 3.05) is 0 Å².